The lowest BCUT2D eigenvalue weighted by molar-refractivity contribution is 0.219. The van der Waals surface area contributed by atoms with Gasteiger partial charge in [-0.25, -0.2) is 9.97 Å². The molecule has 0 saturated carbocycles. The molecule has 0 aliphatic carbocycles. The van der Waals surface area contributed by atoms with Crippen molar-refractivity contribution in [2.75, 3.05) is 31.1 Å². The zero-order chi connectivity index (χ0) is 17.5. The Balaban J connectivity index is 1.38. The molecular formula is C19H19N5O2. The Labute approximate surface area is 150 Å². The molecule has 3 aromatic heterocycles. The molecule has 132 valence electrons. The number of aromatic nitrogens is 3. The maximum atomic E-state index is 6.06. The van der Waals surface area contributed by atoms with Crippen molar-refractivity contribution in [3.63, 3.8) is 0 Å². The zero-order valence-electron chi connectivity index (χ0n) is 14.6. The molecule has 1 fully saturated rings. The predicted octanol–water partition coefficient (Wildman–Crippen LogP) is 2.99. The van der Waals surface area contributed by atoms with E-state index in [1.54, 1.807) is 6.33 Å². The van der Waals surface area contributed by atoms with Gasteiger partial charge in [-0.3, -0.25) is 4.90 Å². The van der Waals surface area contributed by atoms with Crippen LogP contribution in [0.3, 0.4) is 0 Å². The van der Waals surface area contributed by atoms with Crippen molar-refractivity contribution in [2.45, 2.75) is 13.5 Å². The van der Waals surface area contributed by atoms with Gasteiger partial charge in [-0.1, -0.05) is 17.3 Å². The highest BCUT2D eigenvalue weighted by atomic mass is 16.5. The van der Waals surface area contributed by atoms with Gasteiger partial charge in [0.25, 0.3) is 0 Å². The van der Waals surface area contributed by atoms with Gasteiger partial charge in [0.15, 0.2) is 17.2 Å². The van der Waals surface area contributed by atoms with Crippen molar-refractivity contribution >= 4 is 27.9 Å². The Morgan fingerprint density at radius 2 is 1.92 bits per heavy atom. The SMILES string of the molecule is Cc1cc(CN2CCN(c3ncnc4c3oc3ccccc34)CC2)on1. The molecule has 0 radical (unpaired) electrons. The monoisotopic (exact) mass is 349 g/mol. The number of piperazine rings is 1. The lowest BCUT2D eigenvalue weighted by Gasteiger charge is -2.34. The van der Waals surface area contributed by atoms with Gasteiger partial charge in [-0.2, -0.15) is 0 Å². The molecule has 0 amide bonds. The first kappa shape index (κ1) is 15.3. The second kappa shape index (κ2) is 6.10. The molecule has 0 N–H and O–H groups in total. The summed E-state index contributed by atoms with van der Waals surface area (Å²) >= 11 is 0. The van der Waals surface area contributed by atoms with E-state index in [-0.39, 0.29) is 0 Å². The number of hydrogen-bond acceptors (Lipinski definition) is 7. The Hall–Kier alpha value is -2.93. The number of furan rings is 1. The minimum atomic E-state index is 0.771. The van der Waals surface area contributed by atoms with E-state index in [2.05, 4.69) is 24.9 Å². The van der Waals surface area contributed by atoms with Crippen LogP contribution in [0.5, 0.6) is 0 Å². The Kier molecular flexibility index (Phi) is 3.60. The molecule has 4 aromatic rings. The van der Waals surface area contributed by atoms with E-state index < -0.39 is 0 Å². The minimum absolute atomic E-state index is 0.771. The predicted molar refractivity (Wildman–Crippen MR) is 98.0 cm³/mol. The summed E-state index contributed by atoms with van der Waals surface area (Å²) < 4.78 is 11.4. The highest BCUT2D eigenvalue weighted by molar-refractivity contribution is 6.05. The summed E-state index contributed by atoms with van der Waals surface area (Å²) in [5.74, 6) is 1.79. The first-order valence-electron chi connectivity index (χ1n) is 8.80. The van der Waals surface area contributed by atoms with E-state index in [0.717, 1.165) is 72.1 Å². The van der Waals surface area contributed by atoms with Gasteiger partial charge in [-0.05, 0) is 19.1 Å². The van der Waals surface area contributed by atoms with Gasteiger partial charge >= 0.3 is 0 Å². The molecule has 5 rings (SSSR count). The summed E-state index contributed by atoms with van der Waals surface area (Å²) in [5.41, 5.74) is 3.42. The summed E-state index contributed by atoms with van der Waals surface area (Å²) in [7, 11) is 0. The number of aryl methyl sites for hydroxylation is 1. The number of nitrogens with zero attached hydrogens (tertiary/aromatic N) is 5. The van der Waals surface area contributed by atoms with Gasteiger partial charge in [0.2, 0.25) is 0 Å². The van der Waals surface area contributed by atoms with Crippen LogP contribution in [-0.4, -0.2) is 46.2 Å². The maximum absolute atomic E-state index is 6.06. The summed E-state index contributed by atoms with van der Waals surface area (Å²) in [6, 6.07) is 9.98. The van der Waals surface area contributed by atoms with Crippen molar-refractivity contribution in [3.8, 4) is 0 Å². The molecule has 1 saturated heterocycles. The third-order valence-electron chi connectivity index (χ3n) is 4.87. The quantitative estimate of drug-likeness (QED) is 0.563. The molecule has 1 aliphatic heterocycles. The first-order valence-corrected chi connectivity index (χ1v) is 8.80. The fourth-order valence-electron chi connectivity index (χ4n) is 3.57. The smallest absolute Gasteiger partial charge is 0.196 e. The van der Waals surface area contributed by atoms with Crippen molar-refractivity contribution in [3.05, 3.63) is 48.1 Å². The maximum Gasteiger partial charge on any atom is 0.196 e. The molecule has 7 heteroatoms. The number of anilines is 1. The standard InChI is InChI=1S/C19H19N5O2/c1-13-10-14(26-22-13)11-23-6-8-24(9-7-23)19-18-17(20-12-21-19)15-4-2-3-5-16(15)25-18/h2-5,10,12H,6-9,11H2,1H3. The fraction of sp³-hybridized carbons (Fsp3) is 0.316. The molecule has 1 aromatic carbocycles. The average molecular weight is 349 g/mol. The van der Waals surface area contributed by atoms with Crippen LogP contribution in [0.2, 0.25) is 0 Å². The van der Waals surface area contributed by atoms with Crippen LogP contribution in [0.4, 0.5) is 5.82 Å². The largest absolute Gasteiger partial charge is 0.450 e. The van der Waals surface area contributed by atoms with Gasteiger partial charge in [0, 0.05) is 37.6 Å². The molecule has 7 nitrogen and oxygen atoms in total. The Morgan fingerprint density at radius 3 is 2.73 bits per heavy atom. The average Bonchev–Trinajstić information content (AvgIpc) is 3.25. The van der Waals surface area contributed by atoms with E-state index in [4.69, 9.17) is 8.94 Å². The number of hydrogen-bond donors (Lipinski definition) is 0. The van der Waals surface area contributed by atoms with E-state index in [9.17, 15) is 0 Å². The van der Waals surface area contributed by atoms with Gasteiger partial charge < -0.3 is 13.8 Å². The molecule has 0 atom stereocenters. The Morgan fingerprint density at radius 1 is 1.08 bits per heavy atom. The van der Waals surface area contributed by atoms with Crippen LogP contribution >= 0.6 is 0 Å². The van der Waals surface area contributed by atoms with E-state index in [1.807, 2.05) is 37.3 Å². The highest BCUT2D eigenvalue weighted by Crippen LogP contribution is 2.32. The van der Waals surface area contributed by atoms with Gasteiger partial charge in [0.05, 0.1) is 12.2 Å². The van der Waals surface area contributed by atoms with E-state index >= 15 is 0 Å². The molecule has 4 heterocycles. The fourth-order valence-corrected chi connectivity index (χ4v) is 3.57. The van der Waals surface area contributed by atoms with Crippen molar-refractivity contribution in [1.29, 1.82) is 0 Å². The summed E-state index contributed by atoms with van der Waals surface area (Å²) in [4.78, 5) is 13.6. The van der Waals surface area contributed by atoms with E-state index in [1.165, 1.54) is 0 Å². The number of benzene rings is 1. The van der Waals surface area contributed by atoms with Crippen LogP contribution in [0.1, 0.15) is 11.5 Å². The molecule has 0 unspecified atom stereocenters. The summed E-state index contributed by atoms with van der Waals surface area (Å²) in [6.45, 7) is 6.38. The van der Waals surface area contributed by atoms with Crippen molar-refractivity contribution in [2.24, 2.45) is 0 Å². The van der Waals surface area contributed by atoms with Crippen LogP contribution in [0.15, 0.2) is 45.6 Å². The third-order valence-corrected chi connectivity index (χ3v) is 4.87. The zero-order valence-corrected chi connectivity index (χ0v) is 14.6. The molecular weight excluding hydrogens is 330 g/mol. The number of fused-ring (bicyclic) bond motifs is 3. The summed E-state index contributed by atoms with van der Waals surface area (Å²) in [5, 5.41) is 4.99. The molecule has 0 spiro atoms. The highest BCUT2D eigenvalue weighted by Gasteiger charge is 2.23. The van der Waals surface area contributed by atoms with Crippen LogP contribution in [-0.2, 0) is 6.54 Å². The second-order valence-corrected chi connectivity index (χ2v) is 6.67. The van der Waals surface area contributed by atoms with Gasteiger partial charge in [0.1, 0.15) is 17.4 Å². The van der Waals surface area contributed by atoms with Gasteiger partial charge in [-0.15, -0.1) is 0 Å². The third kappa shape index (κ3) is 2.61. The Bertz CT molecular complexity index is 1060. The first-order chi connectivity index (χ1) is 12.8. The normalized spacial score (nSPS) is 16.0. The lowest BCUT2D eigenvalue weighted by Crippen LogP contribution is -2.46. The van der Waals surface area contributed by atoms with Crippen LogP contribution in [0.25, 0.3) is 22.1 Å². The van der Waals surface area contributed by atoms with Crippen LogP contribution in [0, 0.1) is 6.92 Å². The topological polar surface area (TPSA) is 71.4 Å². The molecule has 0 bridgehead atoms. The molecule has 1 aliphatic rings. The number of rotatable bonds is 3. The second-order valence-electron chi connectivity index (χ2n) is 6.67. The summed E-state index contributed by atoms with van der Waals surface area (Å²) in [6.07, 6.45) is 1.63. The molecule has 26 heavy (non-hydrogen) atoms. The minimum Gasteiger partial charge on any atom is -0.450 e. The lowest BCUT2D eigenvalue weighted by atomic mass is 10.2. The van der Waals surface area contributed by atoms with E-state index in [0.29, 0.717) is 0 Å². The number of para-hydroxylation sites is 1. The van der Waals surface area contributed by atoms with Crippen molar-refractivity contribution in [1.82, 2.24) is 20.0 Å². The van der Waals surface area contributed by atoms with Crippen LogP contribution < -0.4 is 4.90 Å². The van der Waals surface area contributed by atoms with Crippen molar-refractivity contribution < 1.29 is 8.94 Å².